The average Bonchev–Trinajstić information content (AvgIpc) is 2.68. The first-order chi connectivity index (χ1) is 8.40. The minimum absolute atomic E-state index is 0.490. The fourth-order valence-electron chi connectivity index (χ4n) is 1.77. The second-order valence-corrected chi connectivity index (χ2v) is 4.55. The van der Waals surface area contributed by atoms with E-state index in [0.717, 1.165) is 22.4 Å². The molecule has 2 amide bonds. The zero-order valence-corrected chi connectivity index (χ0v) is 11.1. The number of carbonyl (C=O) groups is 1. The third-order valence-electron chi connectivity index (χ3n) is 2.77. The predicted octanol–water partition coefficient (Wildman–Crippen LogP) is 3.04. The smallest absolute Gasteiger partial charge is 0.333 e. The Kier molecular flexibility index (Phi) is 3.09. The van der Waals surface area contributed by atoms with Crippen LogP contribution >= 0.6 is 11.6 Å². The van der Waals surface area contributed by atoms with Crippen LogP contribution in [0.15, 0.2) is 16.5 Å². The van der Waals surface area contributed by atoms with Gasteiger partial charge in [0.05, 0.1) is 10.7 Å². The van der Waals surface area contributed by atoms with Gasteiger partial charge in [-0.15, -0.1) is 0 Å². The van der Waals surface area contributed by atoms with Crippen LogP contribution in [-0.2, 0) is 0 Å². The highest BCUT2D eigenvalue weighted by molar-refractivity contribution is 6.35. The number of primary amides is 1. The van der Waals surface area contributed by atoms with E-state index < -0.39 is 6.03 Å². The van der Waals surface area contributed by atoms with Gasteiger partial charge in [0.2, 0.25) is 0 Å². The second-order valence-electron chi connectivity index (χ2n) is 4.14. The molecule has 0 unspecified atom stereocenters. The van der Waals surface area contributed by atoms with Crippen LogP contribution in [0.3, 0.4) is 0 Å². The van der Waals surface area contributed by atoms with Gasteiger partial charge in [0.25, 0.3) is 0 Å². The molecule has 18 heavy (non-hydrogen) atoms. The number of hydrazine groups is 1. The maximum Gasteiger partial charge on any atom is 0.333 e. The normalized spacial score (nSPS) is 10.7. The quantitative estimate of drug-likeness (QED) is 0.822. The first kappa shape index (κ1) is 12.6. The third kappa shape index (κ3) is 2.09. The van der Waals surface area contributed by atoms with Crippen molar-refractivity contribution < 1.29 is 9.21 Å². The summed E-state index contributed by atoms with van der Waals surface area (Å²) in [6, 6.07) is 3.04. The van der Waals surface area contributed by atoms with E-state index in [2.05, 4.69) is 5.43 Å². The molecule has 6 heteroatoms. The van der Waals surface area contributed by atoms with Gasteiger partial charge in [-0.1, -0.05) is 11.6 Å². The molecule has 0 saturated carbocycles. The van der Waals surface area contributed by atoms with E-state index in [1.54, 1.807) is 13.1 Å². The van der Waals surface area contributed by atoms with Crippen molar-refractivity contribution in [2.24, 2.45) is 5.73 Å². The van der Waals surface area contributed by atoms with E-state index in [0.29, 0.717) is 10.6 Å². The summed E-state index contributed by atoms with van der Waals surface area (Å²) in [4.78, 5) is 11.0. The fourth-order valence-corrected chi connectivity index (χ4v) is 2.02. The Bertz CT molecular complexity index is 621. The van der Waals surface area contributed by atoms with Gasteiger partial charge in [0, 0.05) is 12.4 Å². The van der Waals surface area contributed by atoms with Crippen molar-refractivity contribution in [2.75, 3.05) is 12.5 Å². The number of rotatable bonds is 2. The molecule has 3 N–H and O–H groups in total. The highest BCUT2D eigenvalue weighted by Crippen LogP contribution is 2.34. The Morgan fingerprint density at radius 1 is 1.44 bits per heavy atom. The Labute approximate surface area is 109 Å². The van der Waals surface area contributed by atoms with Crippen molar-refractivity contribution in [3.05, 3.63) is 28.5 Å². The topological polar surface area (TPSA) is 71.5 Å². The summed E-state index contributed by atoms with van der Waals surface area (Å²) in [6.45, 7) is 3.78. The molecular formula is C12H14ClN3O2. The molecule has 0 aliphatic rings. The first-order valence-electron chi connectivity index (χ1n) is 5.39. The predicted molar refractivity (Wildman–Crippen MR) is 71.7 cm³/mol. The largest absolute Gasteiger partial charge is 0.460 e. The van der Waals surface area contributed by atoms with Gasteiger partial charge in [-0.2, -0.15) is 0 Å². The molecule has 0 spiro atoms. The van der Waals surface area contributed by atoms with E-state index in [4.69, 9.17) is 21.8 Å². The lowest BCUT2D eigenvalue weighted by molar-refractivity contribution is 0.226. The maximum atomic E-state index is 11.0. The van der Waals surface area contributed by atoms with E-state index >= 15 is 0 Å². The molecule has 0 fully saturated rings. The molecule has 1 aromatic carbocycles. The lowest BCUT2D eigenvalue weighted by Gasteiger charge is -2.19. The van der Waals surface area contributed by atoms with Gasteiger partial charge in [-0.05, 0) is 31.5 Å². The molecule has 2 aromatic rings. The van der Waals surface area contributed by atoms with Crippen molar-refractivity contribution in [3.63, 3.8) is 0 Å². The number of aryl methyl sites for hydroxylation is 2. The van der Waals surface area contributed by atoms with Gasteiger partial charge in [-0.3, -0.25) is 5.43 Å². The number of fused-ring (bicyclic) bond motifs is 1. The Morgan fingerprint density at radius 3 is 2.72 bits per heavy atom. The number of nitrogens with one attached hydrogen (secondary N) is 1. The average molecular weight is 268 g/mol. The SMILES string of the molecule is Cc1cc2c(C)c(NN(C)C(N)=O)cc(Cl)c2o1. The van der Waals surface area contributed by atoms with E-state index in [-0.39, 0.29) is 0 Å². The van der Waals surface area contributed by atoms with Crippen molar-refractivity contribution in [1.29, 1.82) is 0 Å². The summed E-state index contributed by atoms with van der Waals surface area (Å²) in [7, 11) is 1.54. The minimum Gasteiger partial charge on any atom is -0.460 e. The van der Waals surface area contributed by atoms with Gasteiger partial charge < -0.3 is 10.2 Å². The number of furan rings is 1. The molecule has 1 heterocycles. The molecule has 96 valence electrons. The summed E-state index contributed by atoms with van der Waals surface area (Å²) in [5.74, 6) is 0.787. The van der Waals surface area contributed by atoms with Crippen molar-refractivity contribution >= 4 is 34.3 Å². The summed E-state index contributed by atoms with van der Waals surface area (Å²) < 4.78 is 5.52. The Balaban J connectivity index is 2.52. The number of anilines is 1. The van der Waals surface area contributed by atoms with Gasteiger partial charge >= 0.3 is 6.03 Å². The van der Waals surface area contributed by atoms with Crippen molar-refractivity contribution in [1.82, 2.24) is 5.01 Å². The van der Waals surface area contributed by atoms with Crippen LogP contribution in [0.25, 0.3) is 11.0 Å². The molecule has 2 rings (SSSR count). The summed E-state index contributed by atoms with van der Waals surface area (Å²) in [5.41, 5.74) is 10.4. The van der Waals surface area contributed by atoms with Crippen LogP contribution in [0.4, 0.5) is 10.5 Å². The van der Waals surface area contributed by atoms with Crippen LogP contribution in [0, 0.1) is 13.8 Å². The van der Waals surface area contributed by atoms with Gasteiger partial charge in [-0.25, -0.2) is 9.80 Å². The van der Waals surface area contributed by atoms with Crippen molar-refractivity contribution in [2.45, 2.75) is 13.8 Å². The number of halogens is 1. The molecule has 0 aliphatic heterocycles. The Hall–Kier alpha value is -1.88. The van der Waals surface area contributed by atoms with Crippen LogP contribution in [-0.4, -0.2) is 18.1 Å². The monoisotopic (exact) mass is 267 g/mol. The maximum absolute atomic E-state index is 11.0. The summed E-state index contributed by atoms with van der Waals surface area (Å²) >= 11 is 6.14. The second kappa shape index (κ2) is 4.42. The summed E-state index contributed by atoms with van der Waals surface area (Å²) in [5, 5.41) is 2.60. The van der Waals surface area contributed by atoms with E-state index in [1.807, 2.05) is 19.9 Å². The van der Waals surface area contributed by atoms with Crippen molar-refractivity contribution in [3.8, 4) is 0 Å². The lowest BCUT2D eigenvalue weighted by Crippen LogP contribution is -2.36. The number of amides is 2. The summed E-state index contributed by atoms with van der Waals surface area (Å²) in [6.07, 6.45) is 0. The first-order valence-corrected chi connectivity index (χ1v) is 5.77. The molecule has 0 aliphatic carbocycles. The van der Waals surface area contributed by atoms with Crippen LogP contribution < -0.4 is 11.2 Å². The molecule has 0 saturated heterocycles. The van der Waals surface area contributed by atoms with Crippen LogP contribution in [0.2, 0.25) is 5.02 Å². The van der Waals surface area contributed by atoms with E-state index in [1.165, 1.54) is 5.01 Å². The fraction of sp³-hybridized carbons (Fsp3) is 0.250. The highest BCUT2D eigenvalue weighted by atomic mass is 35.5. The zero-order chi connectivity index (χ0) is 13.4. The minimum atomic E-state index is -0.575. The molecule has 1 aromatic heterocycles. The van der Waals surface area contributed by atoms with E-state index in [9.17, 15) is 4.79 Å². The highest BCUT2D eigenvalue weighted by Gasteiger charge is 2.13. The standard InChI is InChI=1S/C12H14ClN3O2/c1-6-4-8-7(2)10(15-16(3)12(14)17)5-9(13)11(8)18-6/h4-5,15H,1-3H3,(H2,14,17). The number of nitrogens with two attached hydrogens (primary N) is 1. The number of nitrogens with zero attached hydrogens (tertiary/aromatic N) is 1. The Morgan fingerprint density at radius 2 is 2.11 bits per heavy atom. The molecule has 0 radical (unpaired) electrons. The van der Waals surface area contributed by atoms with Gasteiger partial charge in [0.15, 0.2) is 5.58 Å². The number of hydrogen-bond acceptors (Lipinski definition) is 3. The number of hydrogen-bond donors (Lipinski definition) is 2. The van der Waals surface area contributed by atoms with Crippen LogP contribution in [0.5, 0.6) is 0 Å². The molecule has 0 bridgehead atoms. The molecular weight excluding hydrogens is 254 g/mol. The zero-order valence-electron chi connectivity index (χ0n) is 10.4. The number of urea groups is 1. The number of carbonyl (C=O) groups excluding carboxylic acids is 1. The van der Waals surface area contributed by atoms with Crippen LogP contribution in [0.1, 0.15) is 11.3 Å². The van der Waals surface area contributed by atoms with Gasteiger partial charge in [0.1, 0.15) is 5.76 Å². The molecule has 5 nitrogen and oxygen atoms in total. The lowest BCUT2D eigenvalue weighted by atomic mass is 10.1. The third-order valence-corrected chi connectivity index (χ3v) is 3.05. The molecule has 0 atom stereocenters. The number of benzene rings is 1.